The maximum atomic E-state index is 12.9. The first-order valence-electron chi connectivity index (χ1n) is 12.5. The number of benzene rings is 2. The molecule has 9 nitrogen and oxygen atoms in total. The number of carbonyl (C=O) groups is 4. The van der Waals surface area contributed by atoms with Gasteiger partial charge >= 0.3 is 17.9 Å². The van der Waals surface area contributed by atoms with E-state index in [1.165, 1.54) is 7.11 Å². The quantitative estimate of drug-likeness (QED) is 0.319. The van der Waals surface area contributed by atoms with E-state index in [1.54, 1.807) is 81.4 Å². The molecule has 1 aliphatic heterocycles. The predicted molar refractivity (Wildman–Crippen MR) is 136 cm³/mol. The van der Waals surface area contributed by atoms with Crippen LogP contribution in [0.1, 0.15) is 54.3 Å². The summed E-state index contributed by atoms with van der Waals surface area (Å²) in [6.07, 6.45) is -3.24. The minimum absolute atomic E-state index is 0.0107. The van der Waals surface area contributed by atoms with Gasteiger partial charge in [-0.2, -0.15) is 0 Å². The zero-order chi connectivity index (χ0) is 27.7. The van der Waals surface area contributed by atoms with Crippen molar-refractivity contribution in [2.24, 2.45) is 5.41 Å². The van der Waals surface area contributed by atoms with Crippen molar-refractivity contribution in [3.8, 4) is 0 Å². The summed E-state index contributed by atoms with van der Waals surface area (Å²) in [5, 5.41) is 0. The van der Waals surface area contributed by atoms with Gasteiger partial charge < -0.3 is 23.7 Å². The first-order chi connectivity index (χ1) is 18.1. The lowest BCUT2D eigenvalue weighted by atomic mass is 9.97. The minimum atomic E-state index is -0.916. The maximum absolute atomic E-state index is 12.9. The van der Waals surface area contributed by atoms with Crippen LogP contribution in [0.2, 0.25) is 0 Å². The second-order valence-electron chi connectivity index (χ2n) is 9.99. The zero-order valence-electron chi connectivity index (χ0n) is 22.1. The van der Waals surface area contributed by atoms with Gasteiger partial charge in [0.15, 0.2) is 5.78 Å². The molecule has 38 heavy (non-hydrogen) atoms. The van der Waals surface area contributed by atoms with Gasteiger partial charge in [0.25, 0.3) is 0 Å². The molecule has 0 aromatic heterocycles. The summed E-state index contributed by atoms with van der Waals surface area (Å²) in [5.41, 5.74) is 0.0234. The number of ketones is 1. The lowest BCUT2D eigenvalue weighted by molar-refractivity contribution is -0.154. The van der Waals surface area contributed by atoms with Crippen LogP contribution >= 0.6 is 0 Å². The average molecular weight is 527 g/mol. The molecule has 204 valence electrons. The smallest absolute Gasteiger partial charge is 0.338 e. The average Bonchev–Trinajstić information content (AvgIpc) is 3.20. The molecular formula is C29H34O9. The Morgan fingerprint density at radius 2 is 1.47 bits per heavy atom. The Morgan fingerprint density at radius 1 is 0.895 bits per heavy atom. The number of hydrogen-bond acceptors (Lipinski definition) is 9. The summed E-state index contributed by atoms with van der Waals surface area (Å²) in [7, 11) is 1.39. The highest BCUT2D eigenvalue weighted by Crippen LogP contribution is 2.27. The number of hydrogen-bond donors (Lipinski definition) is 0. The van der Waals surface area contributed by atoms with Crippen molar-refractivity contribution in [1.29, 1.82) is 0 Å². The Balaban J connectivity index is 1.67. The minimum Gasteiger partial charge on any atom is -0.465 e. The Bertz CT molecular complexity index is 1090. The molecule has 0 saturated carbocycles. The first-order valence-corrected chi connectivity index (χ1v) is 12.5. The molecule has 0 amide bonds. The highest BCUT2D eigenvalue weighted by Gasteiger charge is 2.45. The molecule has 1 aliphatic rings. The third kappa shape index (κ3) is 7.97. The van der Waals surface area contributed by atoms with E-state index >= 15 is 0 Å². The molecule has 2 aromatic rings. The second-order valence-corrected chi connectivity index (χ2v) is 9.99. The van der Waals surface area contributed by atoms with Crippen LogP contribution in [0, 0.1) is 5.41 Å². The van der Waals surface area contributed by atoms with Crippen molar-refractivity contribution >= 4 is 23.7 Å². The fourth-order valence-corrected chi connectivity index (χ4v) is 3.88. The van der Waals surface area contributed by atoms with Crippen LogP contribution in [-0.2, 0) is 33.3 Å². The Labute approximate surface area is 222 Å². The lowest BCUT2D eigenvalue weighted by Crippen LogP contribution is -2.36. The molecule has 3 rings (SSSR count). The van der Waals surface area contributed by atoms with Crippen LogP contribution in [0.4, 0.5) is 0 Å². The van der Waals surface area contributed by atoms with Gasteiger partial charge in [-0.15, -0.1) is 0 Å². The summed E-state index contributed by atoms with van der Waals surface area (Å²) in [4.78, 5) is 50.2. The molecule has 1 fully saturated rings. The molecule has 0 aliphatic carbocycles. The largest absolute Gasteiger partial charge is 0.465 e. The molecule has 9 heteroatoms. The Morgan fingerprint density at radius 3 is 2.03 bits per heavy atom. The molecule has 0 N–H and O–H groups in total. The van der Waals surface area contributed by atoms with Gasteiger partial charge in [-0.25, -0.2) is 9.59 Å². The van der Waals surface area contributed by atoms with Gasteiger partial charge in [-0.3, -0.25) is 9.59 Å². The third-order valence-electron chi connectivity index (χ3n) is 5.94. The molecule has 2 aromatic carbocycles. The van der Waals surface area contributed by atoms with E-state index < -0.39 is 41.8 Å². The second kappa shape index (κ2) is 13.3. The van der Waals surface area contributed by atoms with Gasteiger partial charge in [-0.05, 0) is 45.0 Å². The van der Waals surface area contributed by atoms with Crippen molar-refractivity contribution in [2.75, 3.05) is 20.3 Å². The van der Waals surface area contributed by atoms with E-state index in [0.29, 0.717) is 11.1 Å². The molecule has 1 heterocycles. The maximum Gasteiger partial charge on any atom is 0.338 e. The molecule has 0 bridgehead atoms. The van der Waals surface area contributed by atoms with E-state index in [9.17, 15) is 19.2 Å². The normalized spacial score (nSPS) is 20.0. The van der Waals surface area contributed by atoms with E-state index in [2.05, 4.69) is 0 Å². The molecule has 0 radical (unpaired) electrons. The number of Topliss-reactive ketones (excluding diaryl/α,β-unsaturated/α-hetero) is 1. The predicted octanol–water partition coefficient (Wildman–Crippen LogP) is 3.79. The monoisotopic (exact) mass is 526 g/mol. The van der Waals surface area contributed by atoms with E-state index in [1.807, 2.05) is 0 Å². The highest BCUT2D eigenvalue weighted by molar-refractivity contribution is 5.91. The van der Waals surface area contributed by atoms with E-state index in [0.717, 1.165) is 0 Å². The highest BCUT2D eigenvalue weighted by atomic mass is 16.6. The van der Waals surface area contributed by atoms with Crippen molar-refractivity contribution in [1.82, 2.24) is 0 Å². The first kappa shape index (κ1) is 29.0. The number of ether oxygens (including phenoxy) is 5. The van der Waals surface area contributed by atoms with E-state index in [-0.39, 0.29) is 37.8 Å². The van der Waals surface area contributed by atoms with Crippen molar-refractivity contribution < 1.29 is 42.9 Å². The van der Waals surface area contributed by atoms with Crippen molar-refractivity contribution in [3.05, 3.63) is 71.8 Å². The van der Waals surface area contributed by atoms with Gasteiger partial charge in [0, 0.05) is 20.0 Å². The van der Waals surface area contributed by atoms with Gasteiger partial charge in [0.2, 0.25) is 0 Å². The van der Waals surface area contributed by atoms with Gasteiger partial charge in [-0.1, -0.05) is 36.4 Å². The molecular weight excluding hydrogens is 492 g/mol. The van der Waals surface area contributed by atoms with Crippen LogP contribution in [0.25, 0.3) is 0 Å². The number of rotatable bonds is 11. The van der Waals surface area contributed by atoms with Crippen LogP contribution in [-0.4, -0.2) is 68.4 Å². The number of carbonyl (C=O) groups excluding carboxylic acids is 4. The standard InChI is InChI=1S/C29H34O9/c1-29(2,3)28(33)35-16-15-22-24(30)25(34-4)23(38-22)17-21(37-27(32)20-13-9-6-10-14-20)18-36-26(31)19-11-7-5-8-12-19/h5-14,21-23,25H,15-18H2,1-4H3/t21-,22-,23+,25-/m0/s1. The Kier molecular flexibility index (Phi) is 10.2. The molecule has 0 spiro atoms. The summed E-state index contributed by atoms with van der Waals surface area (Å²) in [6.45, 7) is 4.99. The van der Waals surface area contributed by atoms with Crippen molar-refractivity contribution in [3.63, 3.8) is 0 Å². The van der Waals surface area contributed by atoms with Gasteiger partial charge in [0.05, 0.1) is 29.3 Å². The summed E-state index contributed by atoms with van der Waals surface area (Å²) in [5.74, 6) is -1.85. The number of methoxy groups -OCH3 is 1. The van der Waals surface area contributed by atoms with Crippen LogP contribution < -0.4 is 0 Å². The topological polar surface area (TPSA) is 114 Å². The number of esters is 3. The Hall–Kier alpha value is -3.56. The fraction of sp³-hybridized carbons (Fsp3) is 0.448. The lowest BCUT2D eigenvalue weighted by Gasteiger charge is -2.23. The van der Waals surface area contributed by atoms with E-state index in [4.69, 9.17) is 23.7 Å². The molecule has 4 atom stereocenters. The van der Waals surface area contributed by atoms with Crippen LogP contribution in [0.5, 0.6) is 0 Å². The van der Waals surface area contributed by atoms with Gasteiger partial charge in [0.1, 0.15) is 24.9 Å². The van der Waals surface area contributed by atoms with Crippen molar-refractivity contribution in [2.45, 2.75) is 58.0 Å². The molecule has 1 saturated heterocycles. The van der Waals surface area contributed by atoms with Crippen LogP contribution in [0.3, 0.4) is 0 Å². The van der Waals surface area contributed by atoms with Crippen LogP contribution in [0.15, 0.2) is 60.7 Å². The summed E-state index contributed by atoms with van der Waals surface area (Å²) >= 11 is 0. The zero-order valence-corrected chi connectivity index (χ0v) is 22.1. The summed E-state index contributed by atoms with van der Waals surface area (Å²) < 4.78 is 27.7. The SMILES string of the molecule is CO[C@@H]1C(=O)[C@H](CCOC(=O)C(C)(C)C)O[C@@H]1C[C@@H](COC(=O)c1ccccc1)OC(=O)c1ccccc1. The summed E-state index contributed by atoms with van der Waals surface area (Å²) in [6, 6.07) is 16.8. The fourth-order valence-electron chi connectivity index (χ4n) is 3.88. The third-order valence-corrected chi connectivity index (χ3v) is 5.94. The molecule has 0 unspecified atom stereocenters.